The van der Waals surface area contributed by atoms with Crippen LogP contribution in [0.5, 0.6) is 11.6 Å². The SMILES string of the molecule is FC(F)(F)c1ncc(Oc2nccnc2C2CCNCC2)cn1. The first-order valence-electron chi connectivity index (χ1n) is 7.13. The molecule has 1 aliphatic heterocycles. The monoisotopic (exact) mass is 325 g/mol. The van der Waals surface area contributed by atoms with Gasteiger partial charge in [-0.3, -0.25) is 4.98 Å². The Morgan fingerprint density at radius 2 is 1.65 bits per heavy atom. The highest BCUT2D eigenvalue weighted by Crippen LogP contribution is 2.32. The third kappa shape index (κ3) is 3.73. The fourth-order valence-corrected chi connectivity index (χ4v) is 2.42. The zero-order valence-corrected chi connectivity index (χ0v) is 12.0. The van der Waals surface area contributed by atoms with Crippen LogP contribution < -0.4 is 10.1 Å². The van der Waals surface area contributed by atoms with Crippen molar-refractivity contribution in [1.29, 1.82) is 0 Å². The van der Waals surface area contributed by atoms with E-state index in [-0.39, 0.29) is 17.5 Å². The number of nitrogens with zero attached hydrogens (tertiary/aromatic N) is 4. The minimum atomic E-state index is -4.58. The fourth-order valence-electron chi connectivity index (χ4n) is 2.42. The lowest BCUT2D eigenvalue weighted by Crippen LogP contribution is -2.27. The van der Waals surface area contributed by atoms with Crippen LogP contribution in [0.15, 0.2) is 24.8 Å². The van der Waals surface area contributed by atoms with Gasteiger partial charge < -0.3 is 10.1 Å². The van der Waals surface area contributed by atoms with Crippen molar-refractivity contribution < 1.29 is 17.9 Å². The fraction of sp³-hybridized carbons (Fsp3) is 0.429. The van der Waals surface area contributed by atoms with Gasteiger partial charge in [0.15, 0.2) is 5.75 Å². The summed E-state index contributed by atoms with van der Waals surface area (Å²) in [5.74, 6) is -0.630. The first-order valence-corrected chi connectivity index (χ1v) is 7.13. The van der Waals surface area contributed by atoms with E-state index in [2.05, 4.69) is 25.3 Å². The summed E-state index contributed by atoms with van der Waals surface area (Å²) in [6, 6.07) is 0. The molecule has 23 heavy (non-hydrogen) atoms. The van der Waals surface area contributed by atoms with Crippen LogP contribution in [-0.4, -0.2) is 33.0 Å². The van der Waals surface area contributed by atoms with Crippen LogP contribution in [0.4, 0.5) is 13.2 Å². The van der Waals surface area contributed by atoms with E-state index in [1.54, 1.807) is 6.20 Å². The highest BCUT2D eigenvalue weighted by atomic mass is 19.4. The Morgan fingerprint density at radius 1 is 1.00 bits per heavy atom. The summed E-state index contributed by atoms with van der Waals surface area (Å²) in [6.07, 6.45) is 2.24. The molecule has 9 heteroatoms. The van der Waals surface area contributed by atoms with Crippen molar-refractivity contribution in [3.63, 3.8) is 0 Å². The number of piperidine rings is 1. The maximum Gasteiger partial charge on any atom is 0.451 e. The standard InChI is InChI=1S/C14H14F3N5O/c15-14(16,17)13-21-7-10(8-22-13)23-12-11(19-5-6-20-12)9-1-3-18-4-2-9/h5-9,18H,1-4H2. The van der Waals surface area contributed by atoms with Crippen LogP contribution in [0.2, 0.25) is 0 Å². The van der Waals surface area contributed by atoms with Crippen molar-refractivity contribution in [2.75, 3.05) is 13.1 Å². The molecule has 2 aromatic rings. The van der Waals surface area contributed by atoms with Crippen LogP contribution in [0.3, 0.4) is 0 Å². The summed E-state index contributed by atoms with van der Waals surface area (Å²) in [7, 11) is 0. The second-order valence-electron chi connectivity index (χ2n) is 5.11. The molecule has 3 rings (SSSR count). The van der Waals surface area contributed by atoms with Crippen molar-refractivity contribution in [1.82, 2.24) is 25.3 Å². The van der Waals surface area contributed by atoms with E-state index in [1.165, 1.54) is 6.20 Å². The summed E-state index contributed by atoms with van der Waals surface area (Å²) in [6.45, 7) is 1.76. The quantitative estimate of drug-likeness (QED) is 0.935. The Bertz CT molecular complexity index is 656. The number of ether oxygens (including phenoxy) is 1. The van der Waals surface area contributed by atoms with E-state index < -0.39 is 12.0 Å². The molecule has 0 atom stereocenters. The van der Waals surface area contributed by atoms with Crippen molar-refractivity contribution in [2.24, 2.45) is 0 Å². The highest BCUT2D eigenvalue weighted by Gasteiger charge is 2.34. The van der Waals surface area contributed by atoms with E-state index >= 15 is 0 Å². The van der Waals surface area contributed by atoms with Crippen LogP contribution >= 0.6 is 0 Å². The largest absolute Gasteiger partial charge is 0.451 e. The van der Waals surface area contributed by atoms with Gasteiger partial charge in [-0.1, -0.05) is 0 Å². The second kappa shape index (κ2) is 6.45. The summed E-state index contributed by atoms with van der Waals surface area (Å²) in [5.41, 5.74) is 0.703. The van der Waals surface area contributed by atoms with Gasteiger partial charge in [0.05, 0.1) is 12.4 Å². The normalized spacial score (nSPS) is 16.3. The zero-order chi connectivity index (χ0) is 16.3. The van der Waals surface area contributed by atoms with Crippen LogP contribution in [0.1, 0.15) is 30.3 Å². The predicted molar refractivity (Wildman–Crippen MR) is 74.0 cm³/mol. The molecule has 6 nitrogen and oxygen atoms in total. The first kappa shape index (κ1) is 15.6. The minimum absolute atomic E-state index is 0.0914. The van der Waals surface area contributed by atoms with Gasteiger partial charge in [-0.15, -0.1) is 0 Å². The van der Waals surface area contributed by atoms with Crippen molar-refractivity contribution in [3.8, 4) is 11.6 Å². The second-order valence-corrected chi connectivity index (χ2v) is 5.11. The molecule has 0 amide bonds. The first-order chi connectivity index (χ1) is 11.0. The lowest BCUT2D eigenvalue weighted by molar-refractivity contribution is -0.145. The van der Waals surface area contributed by atoms with Gasteiger partial charge in [0.2, 0.25) is 11.7 Å². The number of hydrogen-bond acceptors (Lipinski definition) is 6. The molecule has 0 radical (unpaired) electrons. The van der Waals surface area contributed by atoms with Gasteiger partial charge in [-0.25, -0.2) is 15.0 Å². The van der Waals surface area contributed by atoms with Gasteiger partial charge in [-0.2, -0.15) is 13.2 Å². The average Bonchev–Trinajstić information content (AvgIpc) is 2.56. The number of alkyl halides is 3. The highest BCUT2D eigenvalue weighted by molar-refractivity contribution is 5.28. The predicted octanol–water partition coefficient (Wildman–Crippen LogP) is 2.54. The molecule has 0 aromatic carbocycles. The van der Waals surface area contributed by atoms with E-state index in [4.69, 9.17) is 4.74 Å². The van der Waals surface area contributed by atoms with Gasteiger partial charge in [0.1, 0.15) is 5.69 Å². The molecule has 0 bridgehead atoms. The average molecular weight is 325 g/mol. The zero-order valence-electron chi connectivity index (χ0n) is 12.0. The molecule has 0 aliphatic carbocycles. The van der Waals surface area contributed by atoms with Gasteiger partial charge in [0, 0.05) is 18.3 Å². The number of nitrogens with one attached hydrogen (secondary N) is 1. The molecule has 1 N–H and O–H groups in total. The third-order valence-corrected chi connectivity index (χ3v) is 3.51. The molecule has 0 unspecified atom stereocenters. The molecule has 1 fully saturated rings. The number of rotatable bonds is 3. The van der Waals surface area contributed by atoms with E-state index in [0.717, 1.165) is 38.3 Å². The van der Waals surface area contributed by atoms with Crippen LogP contribution in [-0.2, 0) is 6.18 Å². The molecule has 1 aliphatic rings. The summed E-state index contributed by atoms with van der Waals surface area (Å²) in [5, 5.41) is 3.26. The summed E-state index contributed by atoms with van der Waals surface area (Å²) < 4.78 is 42.9. The Labute approximate surface area is 130 Å². The molecule has 2 aromatic heterocycles. The van der Waals surface area contributed by atoms with Crippen molar-refractivity contribution >= 4 is 0 Å². The molecular formula is C14H14F3N5O. The Kier molecular flexibility index (Phi) is 4.37. The molecule has 122 valence electrons. The van der Waals surface area contributed by atoms with E-state index in [0.29, 0.717) is 5.69 Å². The molecular weight excluding hydrogens is 311 g/mol. The lowest BCUT2D eigenvalue weighted by Gasteiger charge is -2.23. The number of hydrogen-bond donors (Lipinski definition) is 1. The van der Waals surface area contributed by atoms with Crippen LogP contribution in [0.25, 0.3) is 0 Å². The Balaban J connectivity index is 1.80. The Morgan fingerprint density at radius 3 is 2.30 bits per heavy atom. The number of halogens is 3. The molecule has 0 spiro atoms. The minimum Gasteiger partial charge on any atom is -0.434 e. The van der Waals surface area contributed by atoms with Crippen molar-refractivity contribution in [2.45, 2.75) is 24.9 Å². The molecule has 1 saturated heterocycles. The van der Waals surface area contributed by atoms with Gasteiger partial charge >= 0.3 is 6.18 Å². The van der Waals surface area contributed by atoms with Crippen molar-refractivity contribution in [3.05, 3.63) is 36.3 Å². The maximum atomic E-state index is 12.5. The Hall–Kier alpha value is -2.29. The van der Waals surface area contributed by atoms with Gasteiger partial charge in [0.25, 0.3) is 0 Å². The smallest absolute Gasteiger partial charge is 0.434 e. The van der Waals surface area contributed by atoms with E-state index in [9.17, 15) is 13.2 Å². The molecule has 0 saturated carbocycles. The number of aromatic nitrogens is 4. The van der Waals surface area contributed by atoms with Gasteiger partial charge in [-0.05, 0) is 25.9 Å². The lowest BCUT2D eigenvalue weighted by atomic mass is 9.94. The molecule has 3 heterocycles. The summed E-state index contributed by atoms with van der Waals surface area (Å²) in [4.78, 5) is 15.0. The third-order valence-electron chi connectivity index (χ3n) is 3.51. The topological polar surface area (TPSA) is 72.8 Å². The maximum absolute atomic E-state index is 12.5. The van der Waals surface area contributed by atoms with Crippen LogP contribution in [0, 0.1) is 0 Å². The van der Waals surface area contributed by atoms with E-state index in [1.807, 2.05) is 0 Å². The summed E-state index contributed by atoms with van der Waals surface area (Å²) >= 11 is 0.